The molecule has 0 fully saturated rings. The van der Waals surface area contributed by atoms with E-state index in [4.69, 9.17) is 5.73 Å². The summed E-state index contributed by atoms with van der Waals surface area (Å²) in [5.41, 5.74) is 7.58. The molecule has 2 aromatic heterocycles. The van der Waals surface area contributed by atoms with E-state index in [0.29, 0.717) is 0 Å². The van der Waals surface area contributed by atoms with Crippen molar-refractivity contribution in [3.8, 4) is 0 Å². The Morgan fingerprint density at radius 1 is 1.00 bits per heavy atom. The Labute approximate surface area is 108 Å². The normalized spacial score (nSPS) is 10.7. The topological polar surface area (TPSA) is 64.7 Å². The van der Waals surface area contributed by atoms with E-state index in [-0.39, 0.29) is 0 Å². The van der Waals surface area contributed by atoms with E-state index in [1.54, 1.807) is 24.8 Å². The van der Waals surface area contributed by atoms with Gasteiger partial charge in [-0.25, -0.2) is 4.98 Å². The average molecular weight is 254 g/mol. The van der Waals surface area contributed by atoms with Gasteiger partial charge in [0.2, 0.25) is 0 Å². The van der Waals surface area contributed by atoms with Gasteiger partial charge in [0.15, 0.2) is 0 Å². The molecule has 0 aliphatic carbocycles. The lowest BCUT2D eigenvalue weighted by atomic mass is 10.2. The molecule has 0 aliphatic rings. The van der Waals surface area contributed by atoms with Gasteiger partial charge in [-0.05, 0) is 24.3 Å². The van der Waals surface area contributed by atoms with E-state index in [1.807, 2.05) is 24.3 Å². The summed E-state index contributed by atoms with van der Waals surface area (Å²) in [5.74, 6) is 0. The van der Waals surface area contributed by atoms with Crippen molar-refractivity contribution in [1.29, 1.82) is 0 Å². The van der Waals surface area contributed by atoms with Gasteiger partial charge in [-0.3, -0.25) is 9.97 Å². The maximum atomic E-state index is 5.94. The summed E-state index contributed by atoms with van der Waals surface area (Å²) in [4.78, 5) is 13.7. The molecule has 3 aromatic rings. The average Bonchev–Trinajstić information content (AvgIpc) is 2.44. The van der Waals surface area contributed by atoms with Crippen LogP contribution < -0.4 is 5.73 Å². The Morgan fingerprint density at radius 3 is 2.78 bits per heavy atom. The van der Waals surface area contributed by atoms with Crippen LogP contribution in [0.5, 0.6) is 0 Å². The van der Waals surface area contributed by atoms with Crippen LogP contribution in [0.4, 0.5) is 5.69 Å². The number of hydrogen-bond acceptors (Lipinski definition) is 5. The van der Waals surface area contributed by atoms with Gasteiger partial charge in [0.1, 0.15) is 5.03 Å². The zero-order valence-corrected chi connectivity index (χ0v) is 10.3. The highest BCUT2D eigenvalue weighted by Crippen LogP contribution is 2.33. The fourth-order valence-corrected chi connectivity index (χ4v) is 2.55. The number of hydrogen-bond donors (Lipinski definition) is 1. The Morgan fingerprint density at radius 2 is 1.94 bits per heavy atom. The fourth-order valence-electron chi connectivity index (χ4n) is 1.70. The van der Waals surface area contributed by atoms with Gasteiger partial charge in [0.25, 0.3) is 0 Å². The molecule has 18 heavy (non-hydrogen) atoms. The minimum Gasteiger partial charge on any atom is -0.398 e. The van der Waals surface area contributed by atoms with Crippen LogP contribution in [-0.2, 0) is 0 Å². The molecule has 3 rings (SSSR count). The third-order valence-corrected chi connectivity index (χ3v) is 3.49. The second-order valence-corrected chi connectivity index (χ2v) is 4.76. The highest BCUT2D eigenvalue weighted by molar-refractivity contribution is 7.99. The number of benzene rings is 1. The number of nitrogens with two attached hydrogens (primary N) is 1. The van der Waals surface area contributed by atoms with Crippen LogP contribution in [0.3, 0.4) is 0 Å². The molecule has 2 N–H and O–H groups in total. The number of pyridine rings is 1. The van der Waals surface area contributed by atoms with Gasteiger partial charge in [0.05, 0.1) is 11.7 Å². The number of fused-ring (bicyclic) bond motifs is 1. The van der Waals surface area contributed by atoms with Crippen molar-refractivity contribution < 1.29 is 0 Å². The van der Waals surface area contributed by atoms with Crippen molar-refractivity contribution in [1.82, 2.24) is 15.0 Å². The van der Waals surface area contributed by atoms with Crippen LogP contribution in [0.2, 0.25) is 0 Å². The summed E-state index contributed by atoms with van der Waals surface area (Å²) in [5, 5.41) is 1.81. The van der Waals surface area contributed by atoms with Crippen LogP contribution in [0.15, 0.2) is 59.0 Å². The molecule has 88 valence electrons. The third-order valence-electron chi connectivity index (χ3n) is 2.52. The molecule has 0 unspecified atom stereocenters. The predicted octanol–water partition coefficient (Wildman–Crippen LogP) is 2.76. The van der Waals surface area contributed by atoms with E-state index >= 15 is 0 Å². The highest BCUT2D eigenvalue weighted by Gasteiger charge is 2.07. The van der Waals surface area contributed by atoms with Crippen molar-refractivity contribution in [2.45, 2.75) is 9.92 Å². The lowest BCUT2D eigenvalue weighted by molar-refractivity contribution is 1.06. The molecule has 0 saturated heterocycles. The van der Waals surface area contributed by atoms with Crippen molar-refractivity contribution in [3.63, 3.8) is 0 Å². The molecule has 0 bridgehead atoms. The van der Waals surface area contributed by atoms with Gasteiger partial charge in [0, 0.05) is 34.6 Å². The molecular formula is C13H10N4S. The minimum atomic E-state index is 0.738. The van der Waals surface area contributed by atoms with Crippen molar-refractivity contribution in [3.05, 3.63) is 49.1 Å². The second kappa shape index (κ2) is 4.62. The van der Waals surface area contributed by atoms with Crippen LogP contribution in [-0.4, -0.2) is 15.0 Å². The Bertz CT molecular complexity index is 685. The summed E-state index contributed by atoms with van der Waals surface area (Å²) >= 11 is 1.53. The molecular weight excluding hydrogens is 244 g/mol. The van der Waals surface area contributed by atoms with E-state index in [2.05, 4.69) is 15.0 Å². The molecule has 0 atom stereocenters. The molecule has 5 heteroatoms. The SMILES string of the molecule is Nc1ccc(Sc2cnccn2)c2ncccc12. The first kappa shape index (κ1) is 11.0. The van der Waals surface area contributed by atoms with Gasteiger partial charge < -0.3 is 5.73 Å². The first-order valence-corrected chi connectivity index (χ1v) is 6.23. The molecule has 4 nitrogen and oxygen atoms in total. The first-order valence-electron chi connectivity index (χ1n) is 5.41. The van der Waals surface area contributed by atoms with Crippen LogP contribution in [0.1, 0.15) is 0 Å². The summed E-state index contributed by atoms with van der Waals surface area (Å²) in [7, 11) is 0. The molecule has 1 aromatic carbocycles. The molecule has 0 spiro atoms. The van der Waals surface area contributed by atoms with E-state index in [0.717, 1.165) is 26.5 Å². The predicted molar refractivity (Wildman–Crippen MR) is 72.3 cm³/mol. The van der Waals surface area contributed by atoms with E-state index in [1.165, 1.54) is 11.8 Å². The second-order valence-electron chi connectivity index (χ2n) is 3.70. The number of aromatic nitrogens is 3. The summed E-state index contributed by atoms with van der Waals surface area (Å²) < 4.78 is 0. The van der Waals surface area contributed by atoms with Crippen LogP contribution in [0, 0.1) is 0 Å². The van der Waals surface area contributed by atoms with E-state index < -0.39 is 0 Å². The maximum Gasteiger partial charge on any atom is 0.119 e. The number of anilines is 1. The largest absolute Gasteiger partial charge is 0.398 e. The standard InChI is InChI=1S/C13H10N4S/c14-10-3-4-11(13-9(10)2-1-5-17-13)18-12-8-15-6-7-16-12/h1-8H,14H2. The number of nitrogens with zero attached hydrogens (tertiary/aromatic N) is 3. The molecule has 0 amide bonds. The third kappa shape index (κ3) is 2.00. The van der Waals surface area contributed by atoms with Crippen molar-refractivity contribution in [2.24, 2.45) is 0 Å². The lowest BCUT2D eigenvalue weighted by Crippen LogP contribution is -1.90. The summed E-state index contributed by atoms with van der Waals surface area (Å²) in [6, 6.07) is 7.71. The Kier molecular flexibility index (Phi) is 2.82. The lowest BCUT2D eigenvalue weighted by Gasteiger charge is -2.06. The fraction of sp³-hybridized carbons (Fsp3) is 0. The Hall–Kier alpha value is -2.14. The Balaban J connectivity index is 2.10. The minimum absolute atomic E-state index is 0.738. The van der Waals surface area contributed by atoms with Gasteiger partial charge in [-0.1, -0.05) is 11.8 Å². The number of rotatable bonds is 2. The molecule has 0 saturated carbocycles. The molecule has 0 radical (unpaired) electrons. The van der Waals surface area contributed by atoms with Crippen LogP contribution >= 0.6 is 11.8 Å². The van der Waals surface area contributed by atoms with Gasteiger partial charge >= 0.3 is 0 Å². The van der Waals surface area contributed by atoms with Gasteiger partial charge in [-0.15, -0.1) is 0 Å². The van der Waals surface area contributed by atoms with Crippen molar-refractivity contribution >= 4 is 28.4 Å². The van der Waals surface area contributed by atoms with E-state index in [9.17, 15) is 0 Å². The van der Waals surface area contributed by atoms with Crippen LogP contribution in [0.25, 0.3) is 10.9 Å². The summed E-state index contributed by atoms with van der Waals surface area (Å²) in [6.07, 6.45) is 6.83. The maximum absolute atomic E-state index is 5.94. The monoisotopic (exact) mass is 254 g/mol. The summed E-state index contributed by atoms with van der Waals surface area (Å²) in [6.45, 7) is 0. The number of nitrogen functional groups attached to an aromatic ring is 1. The zero-order chi connectivity index (χ0) is 12.4. The van der Waals surface area contributed by atoms with Crippen molar-refractivity contribution in [2.75, 3.05) is 5.73 Å². The first-order chi connectivity index (χ1) is 8.84. The zero-order valence-electron chi connectivity index (χ0n) is 9.45. The molecule has 2 heterocycles. The quantitative estimate of drug-likeness (QED) is 0.712. The highest BCUT2D eigenvalue weighted by atomic mass is 32.2. The smallest absolute Gasteiger partial charge is 0.119 e. The molecule has 0 aliphatic heterocycles. The van der Waals surface area contributed by atoms with Gasteiger partial charge in [-0.2, -0.15) is 0 Å².